The summed E-state index contributed by atoms with van der Waals surface area (Å²) >= 11 is 5.91. The second-order valence-corrected chi connectivity index (χ2v) is 5.32. The first-order valence-corrected chi connectivity index (χ1v) is 7.73. The predicted octanol–water partition coefficient (Wildman–Crippen LogP) is 4.18. The summed E-state index contributed by atoms with van der Waals surface area (Å²) in [4.78, 5) is 20.2. The molecule has 25 heavy (non-hydrogen) atoms. The minimum Gasteiger partial charge on any atom is -0.497 e. The maximum atomic E-state index is 12.2. The first-order valence-electron chi connectivity index (χ1n) is 7.35. The van der Waals surface area contributed by atoms with E-state index in [0.717, 1.165) is 0 Å². The zero-order chi connectivity index (χ0) is 17.6. The molecular weight excluding hydrogens is 342 g/mol. The van der Waals surface area contributed by atoms with Crippen molar-refractivity contribution in [2.75, 3.05) is 12.4 Å². The third-order valence-corrected chi connectivity index (χ3v) is 3.56. The molecule has 0 radical (unpaired) electrons. The molecule has 0 fully saturated rings. The molecule has 0 aliphatic heterocycles. The van der Waals surface area contributed by atoms with E-state index in [1.165, 1.54) is 12.4 Å². The van der Waals surface area contributed by atoms with E-state index in [4.69, 9.17) is 21.1 Å². The average molecular weight is 356 g/mol. The Morgan fingerprint density at radius 3 is 2.64 bits per heavy atom. The van der Waals surface area contributed by atoms with Crippen molar-refractivity contribution in [1.82, 2.24) is 9.97 Å². The molecule has 7 heteroatoms. The van der Waals surface area contributed by atoms with Crippen LogP contribution in [0.15, 0.2) is 60.9 Å². The van der Waals surface area contributed by atoms with Gasteiger partial charge in [-0.05, 0) is 30.3 Å². The number of anilines is 1. The van der Waals surface area contributed by atoms with Crippen molar-refractivity contribution in [1.29, 1.82) is 0 Å². The second-order valence-electron chi connectivity index (χ2n) is 4.96. The van der Waals surface area contributed by atoms with Gasteiger partial charge in [-0.15, -0.1) is 0 Å². The number of rotatable bonds is 5. The number of hydrogen-bond donors (Lipinski definition) is 1. The zero-order valence-electron chi connectivity index (χ0n) is 13.3. The third kappa shape index (κ3) is 4.24. The molecule has 6 nitrogen and oxygen atoms in total. The largest absolute Gasteiger partial charge is 0.497 e. The summed E-state index contributed by atoms with van der Waals surface area (Å²) in [6.45, 7) is 0. The van der Waals surface area contributed by atoms with Crippen LogP contribution in [0.25, 0.3) is 0 Å². The van der Waals surface area contributed by atoms with Gasteiger partial charge in [-0.3, -0.25) is 4.79 Å². The maximum absolute atomic E-state index is 12.2. The fourth-order valence-electron chi connectivity index (χ4n) is 2.05. The van der Waals surface area contributed by atoms with Gasteiger partial charge in [-0.2, -0.15) is 0 Å². The molecule has 1 amide bonds. The molecule has 1 aromatic carbocycles. The standard InChI is InChI=1S/C18H14ClN3O3/c1-24-13-4-2-5-14(10-13)25-16-8-7-12(11-21-16)22-18(23)15-6-3-9-20-17(15)19/h2-11H,1H3,(H,22,23). The number of hydrogen-bond acceptors (Lipinski definition) is 5. The van der Waals surface area contributed by atoms with E-state index in [1.54, 1.807) is 43.5 Å². The van der Waals surface area contributed by atoms with Gasteiger partial charge in [-0.25, -0.2) is 9.97 Å². The minimum atomic E-state index is -0.360. The van der Waals surface area contributed by atoms with Gasteiger partial charge in [-0.1, -0.05) is 17.7 Å². The Hall–Kier alpha value is -3.12. The number of benzene rings is 1. The van der Waals surface area contributed by atoms with E-state index < -0.39 is 0 Å². The van der Waals surface area contributed by atoms with Crippen molar-refractivity contribution in [3.05, 3.63) is 71.6 Å². The lowest BCUT2D eigenvalue weighted by Gasteiger charge is -2.08. The lowest BCUT2D eigenvalue weighted by Crippen LogP contribution is -2.13. The summed E-state index contributed by atoms with van der Waals surface area (Å²) in [5.74, 6) is 1.33. The summed E-state index contributed by atoms with van der Waals surface area (Å²) in [5, 5.41) is 2.85. The van der Waals surface area contributed by atoms with Gasteiger partial charge in [0.05, 0.1) is 24.6 Å². The highest BCUT2D eigenvalue weighted by molar-refractivity contribution is 6.33. The summed E-state index contributed by atoms with van der Waals surface area (Å²) in [5.41, 5.74) is 0.809. The lowest BCUT2D eigenvalue weighted by atomic mass is 10.2. The van der Waals surface area contributed by atoms with Gasteiger partial charge >= 0.3 is 0 Å². The zero-order valence-corrected chi connectivity index (χ0v) is 14.0. The van der Waals surface area contributed by atoms with Gasteiger partial charge in [0.25, 0.3) is 5.91 Å². The second kappa shape index (κ2) is 7.63. The summed E-state index contributed by atoms with van der Waals surface area (Å²) in [7, 11) is 1.59. The fourth-order valence-corrected chi connectivity index (χ4v) is 2.26. The van der Waals surface area contributed by atoms with Crippen molar-refractivity contribution in [2.24, 2.45) is 0 Å². The number of nitrogens with one attached hydrogen (secondary N) is 1. The quantitative estimate of drug-likeness (QED) is 0.695. The number of methoxy groups -OCH3 is 1. The number of pyridine rings is 2. The Bertz CT molecular complexity index is 885. The van der Waals surface area contributed by atoms with Crippen molar-refractivity contribution in [3.63, 3.8) is 0 Å². The highest BCUT2D eigenvalue weighted by atomic mass is 35.5. The molecule has 3 aromatic rings. The van der Waals surface area contributed by atoms with Crippen LogP contribution < -0.4 is 14.8 Å². The van der Waals surface area contributed by atoms with Crippen molar-refractivity contribution < 1.29 is 14.3 Å². The summed E-state index contributed by atoms with van der Waals surface area (Å²) < 4.78 is 10.8. The molecule has 0 unspecified atom stereocenters. The molecule has 0 aliphatic rings. The molecule has 0 saturated heterocycles. The molecule has 0 atom stereocenters. The van der Waals surface area contributed by atoms with Gasteiger partial charge in [0.1, 0.15) is 16.7 Å². The van der Waals surface area contributed by atoms with Crippen molar-refractivity contribution in [3.8, 4) is 17.4 Å². The van der Waals surface area contributed by atoms with Gasteiger partial charge < -0.3 is 14.8 Å². The monoisotopic (exact) mass is 355 g/mol. The molecule has 126 valence electrons. The molecule has 2 heterocycles. The Kier molecular flexibility index (Phi) is 5.11. The van der Waals surface area contributed by atoms with E-state index in [2.05, 4.69) is 15.3 Å². The predicted molar refractivity (Wildman–Crippen MR) is 94.5 cm³/mol. The SMILES string of the molecule is COc1cccc(Oc2ccc(NC(=O)c3cccnc3Cl)cn2)c1. The maximum Gasteiger partial charge on any atom is 0.258 e. The molecule has 2 aromatic heterocycles. The number of ether oxygens (including phenoxy) is 2. The van der Waals surface area contributed by atoms with Crippen LogP contribution in [-0.4, -0.2) is 23.0 Å². The van der Waals surface area contributed by atoms with E-state index in [0.29, 0.717) is 28.6 Å². The minimum absolute atomic E-state index is 0.144. The third-order valence-electron chi connectivity index (χ3n) is 3.26. The number of aromatic nitrogens is 2. The number of carbonyl (C=O) groups excluding carboxylic acids is 1. The number of amides is 1. The first kappa shape index (κ1) is 16.7. The number of nitrogens with zero attached hydrogens (tertiary/aromatic N) is 2. The smallest absolute Gasteiger partial charge is 0.258 e. The summed E-state index contributed by atoms with van der Waals surface area (Å²) in [6, 6.07) is 13.8. The van der Waals surface area contributed by atoms with E-state index in [-0.39, 0.29) is 11.1 Å². The highest BCUT2D eigenvalue weighted by Crippen LogP contribution is 2.24. The van der Waals surface area contributed by atoms with Crippen molar-refractivity contribution >= 4 is 23.2 Å². The van der Waals surface area contributed by atoms with Crippen LogP contribution >= 0.6 is 11.6 Å². The number of halogens is 1. The average Bonchev–Trinajstić information content (AvgIpc) is 2.64. The van der Waals surface area contributed by atoms with Crippen molar-refractivity contribution in [2.45, 2.75) is 0 Å². The molecule has 1 N–H and O–H groups in total. The molecule has 0 bridgehead atoms. The Balaban J connectivity index is 1.68. The van der Waals surface area contributed by atoms with Gasteiger partial charge in [0.15, 0.2) is 0 Å². The molecule has 0 spiro atoms. The summed E-state index contributed by atoms with van der Waals surface area (Å²) in [6.07, 6.45) is 3.02. The Morgan fingerprint density at radius 1 is 1.08 bits per heavy atom. The van der Waals surface area contributed by atoms with E-state index in [9.17, 15) is 4.79 Å². The fraction of sp³-hybridized carbons (Fsp3) is 0.0556. The van der Waals surface area contributed by atoms with Crippen LogP contribution in [0, 0.1) is 0 Å². The molecule has 0 saturated carbocycles. The molecular formula is C18H14ClN3O3. The van der Waals surface area contributed by atoms with Crippen LogP contribution in [0.1, 0.15) is 10.4 Å². The van der Waals surface area contributed by atoms with E-state index in [1.807, 2.05) is 12.1 Å². The van der Waals surface area contributed by atoms with Crippen LogP contribution in [0.2, 0.25) is 5.15 Å². The normalized spacial score (nSPS) is 10.2. The Labute approximate surface area is 149 Å². The van der Waals surface area contributed by atoms with Crippen LogP contribution in [0.4, 0.5) is 5.69 Å². The van der Waals surface area contributed by atoms with Gasteiger partial charge in [0, 0.05) is 18.3 Å². The molecule has 3 rings (SSSR count). The topological polar surface area (TPSA) is 73.3 Å². The van der Waals surface area contributed by atoms with E-state index >= 15 is 0 Å². The van der Waals surface area contributed by atoms with Crippen LogP contribution in [0.5, 0.6) is 17.4 Å². The van der Waals surface area contributed by atoms with Crippen LogP contribution in [0.3, 0.4) is 0 Å². The Morgan fingerprint density at radius 2 is 1.92 bits per heavy atom. The number of carbonyl (C=O) groups is 1. The lowest BCUT2D eigenvalue weighted by molar-refractivity contribution is 0.102. The van der Waals surface area contributed by atoms with Crippen LogP contribution in [-0.2, 0) is 0 Å². The molecule has 0 aliphatic carbocycles. The highest BCUT2D eigenvalue weighted by Gasteiger charge is 2.11. The first-order chi connectivity index (χ1) is 12.2. The van der Waals surface area contributed by atoms with Gasteiger partial charge in [0.2, 0.25) is 5.88 Å².